The summed E-state index contributed by atoms with van der Waals surface area (Å²) >= 11 is 0. The third kappa shape index (κ3) is 0.795. The Labute approximate surface area is 64.2 Å². The molecule has 2 heterocycles. The molecule has 0 aliphatic carbocycles. The molecule has 0 amide bonds. The summed E-state index contributed by atoms with van der Waals surface area (Å²) in [7, 11) is 0. The third-order valence-corrected chi connectivity index (χ3v) is 2.78. The first-order valence-corrected chi connectivity index (χ1v) is 3.83. The summed E-state index contributed by atoms with van der Waals surface area (Å²) in [4.78, 5) is 10.8. The van der Waals surface area contributed by atoms with Gasteiger partial charge in [-0.15, -0.1) is 0 Å². The van der Waals surface area contributed by atoms with Crippen LogP contribution in [0.3, 0.4) is 0 Å². The molecule has 2 saturated heterocycles. The number of fused-ring (bicyclic) bond motifs is 2. The minimum absolute atomic E-state index is 0.0195. The first kappa shape index (κ1) is 7.06. The second-order valence-electron chi connectivity index (χ2n) is 3.45. The van der Waals surface area contributed by atoms with Crippen LogP contribution in [0.15, 0.2) is 0 Å². The van der Waals surface area contributed by atoms with E-state index < -0.39 is 17.6 Å². The fraction of sp³-hybridized carbons (Fsp3) is 0.857. The number of carboxylic acids is 1. The van der Waals surface area contributed by atoms with Gasteiger partial charge < -0.3 is 10.2 Å². The van der Waals surface area contributed by atoms with E-state index in [1.165, 1.54) is 0 Å². The molecule has 0 unspecified atom stereocenters. The van der Waals surface area contributed by atoms with E-state index in [0.717, 1.165) is 6.42 Å². The van der Waals surface area contributed by atoms with Crippen molar-refractivity contribution in [1.82, 2.24) is 5.32 Å². The van der Waals surface area contributed by atoms with Crippen LogP contribution >= 0.6 is 0 Å². The van der Waals surface area contributed by atoms with E-state index in [-0.39, 0.29) is 6.04 Å². The third-order valence-electron chi connectivity index (χ3n) is 2.78. The van der Waals surface area contributed by atoms with Gasteiger partial charge in [0, 0.05) is 12.5 Å². The molecular formula is C7H11NO3. The highest BCUT2D eigenvalue weighted by molar-refractivity contribution is 5.80. The summed E-state index contributed by atoms with van der Waals surface area (Å²) in [6.07, 6.45) is 1.35. The van der Waals surface area contributed by atoms with E-state index in [9.17, 15) is 9.90 Å². The highest BCUT2D eigenvalue weighted by Gasteiger charge is 2.54. The highest BCUT2D eigenvalue weighted by atomic mass is 16.4. The van der Waals surface area contributed by atoms with Crippen molar-refractivity contribution >= 4 is 5.97 Å². The fourth-order valence-corrected chi connectivity index (χ4v) is 2.11. The van der Waals surface area contributed by atoms with Crippen molar-refractivity contribution in [3.8, 4) is 0 Å². The van der Waals surface area contributed by atoms with Gasteiger partial charge in [-0.2, -0.15) is 0 Å². The van der Waals surface area contributed by atoms with Crippen LogP contribution in [-0.4, -0.2) is 33.9 Å². The monoisotopic (exact) mass is 157 g/mol. The van der Waals surface area contributed by atoms with Crippen molar-refractivity contribution in [2.24, 2.45) is 0 Å². The molecular weight excluding hydrogens is 146 g/mol. The Morgan fingerprint density at radius 2 is 2.36 bits per heavy atom. The molecule has 2 fully saturated rings. The average Bonchev–Trinajstić information content (AvgIpc) is 2.44. The summed E-state index contributed by atoms with van der Waals surface area (Å²) in [5, 5.41) is 21.1. The quantitative estimate of drug-likeness (QED) is 0.472. The van der Waals surface area contributed by atoms with Gasteiger partial charge in [0.05, 0.1) is 6.10 Å². The van der Waals surface area contributed by atoms with E-state index in [1.54, 1.807) is 0 Å². The topological polar surface area (TPSA) is 69.6 Å². The van der Waals surface area contributed by atoms with Gasteiger partial charge in [0.15, 0.2) is 0 Å². The van der Waals surface area contributed by atoms with Gasteiger partial charge in [0.1, 0.15) is 5.54 Å². The number of nitrogens with one attached hydrogen (secondary N) is 1. The van der Waals surface area contributed by atoms with Crippen LogP contribution in [0.4, 0.5) is 0 Å². The smallest absolute Gasteiger partial charge is 0.324 e. The summed E-state index contributed by atoms with van der Waals surface area (Å²) < 4.78 is 0. The Balaban J connectivity index is 2.23. The van der Waals surface area contributed by atoms with Crippen molar-refractivity contribution in [1.29, 1.82) is 0 Å². The van der Waals surface area contributed by atoms with Crippen molar-refractivity contribution in [2.75, 3.05) is 0 Å². The number of aliphatic hydroxyl groups excluding tert-OH is 1. The van der Waals surface area contributed by atoms with Crippen LogP contribution in [-0.2, 0) is 4.79 Å². The molecule has 2 bridgehead atoms. The van der Waals surface area contributed by atoms with Crippen molar-refractivity contribution in [3.63, 3.8) is 0 Å². The second kappa shape index (κ2) is 1.95. The number of carbonyl (C=O) groups is 1. The molecule has 0 saturated carbocycles. The Morgan fingerprint density at radius 1 is 1.64 bits per heavy atom. The molecule has 2 rings (SSSR count). The normalized spacial score (nSPS) is 48.1. The molecule has 4 heteroatoms. The number of hydrogen-bond donors (Lipinski definition) is 3. The lowest BCUT2D eigenvalue weighted by Gasteiger charge is -2.21. The van der Waals surface area contributed by atoms with E-state index >= 15 is 0 Å². The molecule has 0 aromatic heterocycles. The van der Waals surface area contributed by atoms with Crippen LogP contribution in [0.25, 0.3) is 0 Å². The van der Waals surface area contributed by atoms with Gasteiger partial charge in [-0.3, -0.25) is 10.1 Å². The van der Waals surface area contributed by atoms with Gasteiger partial charge in [0.2, 0.25) is 0 Å². The zero-order valence-corrected chi connectivity index (χ0v) is 6.08. The SMILES string of the molecule is O=C(O)[C@]12CC[C@H](N1)[C@H](O)C2. The molecule has 2 aliphatic heterocycles. The molecule has 0 aromatic rings. The predicted octanol–water partition coefficient (Wildman–Crippen LogP) is -0.674. The Hall–Kier alpha value is -0.610. The van der Waals surface area contributed by atoms with Gasteiger partial charge >= 0.3 is 5.97 Å². The van der Waals surface area contributed by atoms with Crippen molar-refractivity contribution < 1.29 is 15.0 Å². The predicted molar refractivity (Wildman–Crippen MR) is 37.1 cm³/mol. The van der Waals surface area contributed by atoms with Gasteiger partial charge in [0.25, 0.3) is 0 Å². The number of aliphatic hydroxyl groups is 1. The second-order valence-corrected chi connectivity index (χ2v) is 3.45. The summed E-state index contributed by atoms with van der Waals surface area (Å²) in [5.41, 5.74) is -0.802. The average molecular weight is 157 g/mol. The van der Waals surface area contributed by atoms with Gasteiger partial charge in [-0.25, -0.2) is 0 Å². The summed E-state index contributed by atoms with van der Waals surface area (Å²) in [6.45, 7) is 0. The lowest BCUT2D eigenvalue weighted by Crippen LogP contribution is -2.44. The molecule has 0 aromatic carbocycles. The molecule has 3 N–H and O–H groups in total. The van der Waals surface area contributed by atoms with Crippen LogP contribution < -0.4 is 5.32 Å². The maximum atomic E-state index is 10.8. The number of carboxylic acid groups (broad SMARTS) is 1. The minimum Gasteiger partial charge on any atom is -0.480 e. The van der Waals surface area contributed by atoms with Gasteiger partial charge in [-0.1, -0.05) is 0 Å². The van der Waals surface area contributed by atoms with E-state index in [2.05, 4.69) is 5.32 Å². The van der Waals surface area contributed by atoms with Crippen LogP contribution in [0, 0.1) is 0 Å². The maximum Gasteiger partial charge on any atom is 0.324 e. The van der Waals surface area contributed by atoms with E-state index in [1.807, 2.05) is 0 Å². The standard InChI is InChI=1S/C7H11NO3/c9-5-3-7(6(10)11)2-1-4(5)8-7/h4-5,8-9H,1-3H2,(H,10,11)/t4-,5+,7+/m0/s1. The molecule has 2 aliphatic rings. The number of rotatable bonds is 1. The van der Waals surface area contributed by atoms with E-state index in [0.29, 0.717) is 12.8 Å². The lowest BCUT2D eigenvalue weighted by atomic mass is 9.86. The molecule has 4 nitrogen and oxygen atoms in total. The maximum absolute atomic E-state index is 10.8. The number of aliphatic carboxylic acids is 1. The highest BCUT2D eigenvalue weighted by Crippen LogP contribution is 2.37. The van der Waals surface area contributed by atoms with Crippen LogP contribution in [0.5, 0.6) is 0 Å². The number of hydrogen-bond acceptors (Lipinski definition) is 3. The van der Waals surface area contributed by atoms with Crippen LogP contribution in [0.1, 0.15) is 19.3 Å². The Kier molecular flexibility index (Phi) is 1.25. The van der Waals surface area contributed by atoms with Crippen LogP contribution in [0.2, 0.25) is 0 Å². The first-order chi connectivity index (χ1) is 5.14. The Bertz CT molecular complexity index is 202. The molecule has 0 radical (unpaired) electrons. The van der Waals surface area contributed by atoms with Gasteiger partial charge in [-0.05, 0) is 12.8 Å². The largest absolute Gasteiger partial charge is 0.480 e. The Morgan fingerprint density at radius 3 is 2.64 bits per heavy atom. The summed E-state index contributed by atoms with van der Waals surface area (Å²) in [6, 6.07) is 0.0195. The lowest BCUT2D eigenvalue weighted by molar-refractivity contribution is -0.144. The fourth-order valence-electron chi connectivity index (χ4n) is 2.11. The van der Waals surface area contributed by atoms with Crippen molar-refractivity contribution in [3.05, 3.63) is 0 Å². The van der Waals surface area contributed by atoms with E-state index in [4.69, 9.17) is 5.11 Å². The zero-order chi connectivity index (χ0) is 8.06. The molecule has 0 spiro atoms. The zero-order valence-electron chi connectivity index (χ0n) is 6.08. The molecule has 3 atom stereocenters. The summed E-state index contributed by atoms with van der Waals surface area (Å²) in [5.74, 6) is -0.823. The molecule has 11 heavy (non-hydrogen) atoms. The first-order valence-electron chi connectivity index (χ1n) is 3.83. The van der Waals surface area contributed by atoms with Crippen molar-refractivity contribution in [2.45, 2.75) is 36.9 Å². The molecule has 62 valence electrons. The minimum atomic E-state index is -0.823.